The summed E-state index contributed by atoms with van der Waals surface area (Å²) in [7, 11) is 0. The molecule has 0 bridgehead atoms. The third-order valence-electron chi connectivity index (χ3n) is 10.4. The fourth-order valence-electron chi connectivity index (χ4n) is 8.99. The quantitative estimate of drug-likeness (QED) is 0.623. The van der Waals surface area contributed by atoms with E-state index in [1.165, 1.54) is 58.0 Å². The van der Waals surface area contributed by atoms with Gasteiger partial charge in [-0.3, -0.25) is 0 Å². The van der Waals surface area contributed by atoms with Gasteiger partial charge in [-0.2, -0.15) is 0 Å². The van der Waals surface area contributed by atoms with Crippen LogP contribution in [0.4, 0.5) is 0 Å². The molecule has 2 heteroatoms. The van der Waals surface area contributed by atoms with Crippen molar-refractivity contribution in [1.29, 1.82) is 0 Å². The molecule has 0 spiro atoms. The highest BCUT2D eigenvalue weighted by Gasteiger charge is 2.60. The lowest BCUT2D eigenvalue weighted by molar-refractivity contribution is -0.140. The van der Waals surface area contributed by atoms with Crippen molar-refractivity contribution < 1.29 is 5.11 Å². The van der Waals surface area contributed by atoms with Crippen molar-refractivity contribution in [2.45, 2.75) is 84.7 Å². The molecule has 27 heavy (non-hydrogen) atoms. The molecule has 0 aromatic rings. The van der Waals surface area contributed by atoms with Crippen LogP contribution in [0, 0.1) is 46.3 Å². The van der Waals surface area contributed by atoms with Gasteiger partial charge >= 0.3 is 0 Å². The van der Waals surface area contributed by atoms with Crippen molar-refractivity contribution in [3.8, 4) is 0 Å². The zero-order chi connectivity index (χ0) is 18.8. The molecular formula is C25H41NO. The van der Waals surface area contributed by atoms with Gasteiger partial charge < -0.3 is 10.4 Å². The van der Waals surface area contributed by atoms with Crippen molar-refractivity contribution in [2.24, 2.45) is 46.3 Å². The van der Waals surface area contributed by atoms with Gasteiger partial charge in [-0.1, -0.05) is 32.4 Å². The lowest BCUT2D eigenvalue weighted by atomic mass is 9.42. The van der Waals surface area contributed by atoms with Gasteiger partial charge in [-0.25, -0.2) is 0 Å². The minimum Gasteiger partial charge on any atom is -0.393 e. The zero-order valence-electron chi connectivity index (χ0n) is 17.8. The Kier molecular flexibility index (Phi) is 4.56. The number of hydrogen-bond donors (Lipinski definition) is 2. The molecule has 1 heterocycles. The van der Waals surface area contributed by atoms with Crippen LogP contribution in [0.25, 0.3) is 0 Å². The molecule has 0 amide bonds. The largest absolute Gasteiger partial charge is 0.393 e. The van der Waals surface area contributed by atoms with Crippen molar-refractivity contribution in [3.63, 3.8) is 0 Å². The average molecular weight is 372 g/mol. The van der Waals surface area contributed by atoms with Gasteiger partial charge in [0.1, 0.15) is 0 Å². The summed E-state index contributed by atoms with van der Waals surface area (Å²) >= 11 is 0. The molecule has 152 valence electrons. The number of aliphatic hydroxyl groups is 1. The topological polar surface area (TPSA) is 32.3 Å². The van der Waals surface area contributed by atoms with E-state index in [0.717, 1.165) is 48.3 Å². The van der Waals surface area contributed by atoms with E-state index in [0.29, 0.717) is 10.8 Å². The van der Waals surface area contributed by atoms with E-state index >= 15 is 0 Å². The Morgan fingerprint density at radius 3 is 2.56 bits per heavy atom. The summed E-state index contributed by atoms with van der Waals surface area (Å²) in [6.45, 7) is 10.3. The molecule has 5 aliphatic rings. The van der Waals surface area contributed by atoms with E-state index < -0.39 is 0 Å². The van der Waals surface area contributed by atoms with E-state index in [9.17, 15) is 5.11 Å². The SMILES string of the molecule is CC1CC2CC(O)CC[C@]2(C)[C@@H]2CC[C@]3(C)C(C4CCNCC4)=CC[C@H]3[C@H]12. The van der Waals surface area contributed by atoms with Gasteiger partial charge in [0.2, 0.25) is 0 Å². The Hall–Kier alpha value is -0.340. The highest BCUT2D eigenvalue weighted by Crippen LogP contribution is 2.68. The molecule has 2 nitrogen and oxygen atoms in total. The molecule has 1 saturated heterocycles. The molecular weight excluding hydrogens is 330 g/mol. The first-order valence-electron chi connectivity index (χ1n) is 12.0. The fraction of sp³-hybridized carbons (Fsp3) is 0.920. The summed E-state index contributed by atoms with van der Waals surface area (Å²) in [6.07, 6.45) is 14.4. The minimum atomic E-state index is -0.0275. The Morgan fingerprint density at radius 2 is 1.78 bits per heavy atom. The highest BCUT2D eigenvalue weighted by atomic mass is 16.3. The van der Waals surface area contributed by atoms with E-state index in [4.69, 9.17) is 0 Å². The number of allylic oxidation sites excluding steroid dienone is 2. The first-order valence-corrected chi connectivity index (χ1v) is 12.0. The number of nitrogens with one attached hydrogen (secondary N) is 1. The molecule has 4 aliphatic carbocycles. The second-order valence-corrected chi connectivity index (χ2v) is 11.5. The summed E-state index contributed by atoms with van der Waals surface area (Å²) < 4.78 is 0. The molecule has 2 N–H and O–H groups in total. The molecule has 5 rings (SSSR count). The molecule has 0 aromatic heterocycles. The van der Waals surface area contributed by atoms with Gasteiger partial charge in [-0.05, 0) is 117 Å². The number of aliphatic hydroxyl groups excluding tert-OH is 1. The summed E-state index contributed by atoms with van der Waals surface area (Å²) in [5, 5.41) is 13.9. The van der Waals surface area contributed by atoms with Gasteiger partial charge in [0, 0.05) is 0 Å². The Balaban J connectivity index is 1.42. The van der Waals surface area contributed by atoms with Crippen LogP contribution >= 0.6 is 0 Å². The summed E-state index contributed by atoms with van der Waals surface area (Å²) in [4.78, 5) is 0. The van der Waals surface area contributed by atoms with Crippen molar-refractivity contribution in [2.75, 3.05) is 13.1 Å². The standard InChI is InChI=1S/C25H41NO/c1-16-14-18-15-19(27)6-10-24(18,2)22-7-11-25(3)20(4-5-21(25)23(16)22)17-8-12-26-13-9-17/h4,16-19,21-23,26-27H,5-15H2,1-3H3/t16?,18?,19?,21-,22+,23-,24-,25+/m0/s1. The third kappa shape index (κ3) is 2.72. The summed E-state index contributed by atoms with van der Waals surface area (Å²) in [6, 6.07) is 0. The second-order valence-electron chi connectivity index (χ2n) is 11.5. The molecule has 0 radical (unpaired) electrons. The number of hydrogen-bond acceptors (Lipinski definition) is 2. The molecule has 4 fully saturated rings. The Bertz CT molecular complexity index is 607. The van der Waals surface area contributed by atoms with Gasteiger partial charge in [0.05, 0.1) is 6.10 Å². The van der Waals surface area contributed by atoms with Gasteiger partial charge in [0.25, 0.3) is 0 Å². The summed E-state index contributed by atoms with van der Waals surface area (Å²) in [5.41, 5.74) is 2.84. The first kappa shape index (κ1) is 18.7. The number of fused-ring (bicyclic) bond motifs is 5. The molecule has 8 atom stereocenters. The van der Waals surface area contributed by atoms with Crippen LogP contribution in [0.3, 0.4) is 0 Å². The molecule has 1 aliphatic heterocycles. The monoisotopic (exact) mass is 371 g/mol. The van der Waals surface area contributed by atoms with Crippen LogP contribution in [0.1, 0.15) is 78.6 Å². The van der Waals surface area contributed by atoms with Crippen molar-refractivity contribution in [3.05, 3.63) is 11.6 Å². The lowest BCUT2D eigenvalue weighted by Gasteiger charge is -2.63. The third-order valence-corrected chi connectivity index (χ3v) is 10.4. The number of rotatable bonds is 1. The first-order chi connectivity index (χ1) is 12.9. The zero-order valence-corrected chi connectivity index (χ0v) is 17.8. The van der Waals surface area contributed by atoms with E-state index in [1.807, 2.05) is 5.57 Å². The van der Waals surface area contributed by atoms with Crippen LogP contribution < -0.4 is 5.32 Å². The smallest absolute Gasteiger partial charge is 0.0543 e. The maximum Gasteiger partial charge on any atom is 0.0543 e. The normalized spacial score (nSPS) is 53.3. The van der Waals surface area contributed by atoms with Crippen LogP contribution in [0.15, 0.2) is 11.6 Å². The van der Waals surface area contributed by atoms with E-state index in [-0.39, 0.29) is 6.10 Å². The van der Waals surface area contributed by atoms with Crippen LogP contribution in [0.5, 0.6) is 0 Å². The lowest BCUT2D eigenvalue weighted by Crippen LogP contribution is -2.56. The van der Waals surface area contributed by atoms with E-state index in [2.05, 4.69) is 32.2 Å². The Labute approximate surface area is 166 Å². The Morgan fingerprint density at radius 1 is 1.00 bits per heavy atom. The van der Waals surface area contributed by atoms with E-state index in [1.54, 1.807) is 0 Å². The molecule has 0 aromatic carbocycles. The average Bonchev–Trinajstić information content (AvgIpc) is 3.01. The number of piperidine rings is 1. The van der Waals surface area contributed by atoms with Crippen molar-refractivity contribution in [1.82, 2.24) is 5.32 Å². The second kappa shape index (κ2) is 6.59. The van der Waals surface area contributed by atoms with Crippen LogP contribution in [-0.4, -0.2) is 24.3 Å². The predicted molar refractivity (Wildman–Crippen MR) is 111 cm³/mol. The van der Waals surface area contributed by atoms with Crippen LogP contribution in [-0.2, 0) is 0 Å². The molecule has 3 unspecified atom stereocenters. The predicted octanol–water partition coefficient (Wildman–Crippen LogP) is 5.17. The van der Waals surface area contributed by atoms with Gasteiger partial charge in [-0.15, -0.1) is 0 Å². The van der Waals surface area contributed by atoms with Gasteiger partial charge in [0.15, 0.2) is 0 Å². The fourth-order valence-corrected chi connectivity index (χ4v) is 8.99. The maximum absolute atomic E-state index is 10.3. The molecule has 3 saturated carbocycles. The maximum atomic E-state index is 10.3. The highest BCUT2D eigenvalue weighted by molar-refractivity contribution is 5.28. The van der Waals surface area contributed by atoms with Crippen LogP contribution in [0.2, 0.25) is 0 Å². The van der Waals surface area contributed by atoms with Crippen molar-refractivity contribution >= 4 is 0 Å². The minimum absolute atomic E-state index is 0.0275. The summed E-state index contributed by atoms with van der Waals surface area (Å²) in [5.74, 6) is 5.16.